The third-order valence-corrected chi connectivity index (χ3v) is 2.81. The van der Waals surface area contributed by atoms with Crippen LogP contribution >= 0.6 is 0 Å². The van der Waals surface area contributed by atoms with Crippen molar-refractivity contribution in [3.8, 4) is 0 Å². The van der Waals surface area contributed by atoms with Gasteiger partial charge in [-0.2, -0.15) is 5.48 Å². The van der Waals surface area contributed by atoms with Crippen molar-refractivity contribution in [3.63, 3.8) is 0 Å². The number of hydrogen-bond acceptors (Lipinski definition) is 3. The second-order valence-corrected chi connectivity index (χ2v) is 5.39. The number of aldehydes is 1. The summed E-state index contributed by atoms with van der Waals surface area (Å²) in [5.74, 6) is 0.457. The highest BCUT2D eigenvalue weighted by atomic mass is 16.7. The molecule has 0 saturated heterocycles. The summed E-state index contributed by atoms with van der Waals surface area (Å²) in [6.45, 7) is 5.92. The number of hydrogen-bond donors (Lipinski definition) is 1. The summed E-state index contributed by atoms with van der Waals surface area (Å²) < 4.78 is 0. The van der Waals surface area contributed by atoms with E-state index in [4.69, 9.17) is 4.84 Å². The van der Waals surface area contributed by atoms with Crippen molar-refractivity contribution in [1.82, 2.24) is 5.48 Å². The molecule has 0 aliphatic heterocycles. The Balaban J connectivity index is 2.37. The van der Waals surface area contributed by atoms with Crippen LogP contribution in [0.1, 0.15) is 52.9 Å². The van der Waals surface area contributed by atoms with E-state index in [1.54, 1.807) is 0 Å². The molecular weight excluding hydrogens is 190 g/mol. The Hall–Kier alpha value is -0.410. The van der Waals surface area contributed by atoms with E-state index in [-0.39, 0.29) is 11.6 Å². The minimum absolute atomic E-state index is 0.135. The monoisotopic (exact) mass is 213 g/mol. The Labute approximate surface area is 92.5 Å². The van der Waals surface area contributed by atoms with E-state index in [1.807, 2.05) is 20.8 Å². The van der Waals surface area contributed by atoms with Crippen molar-refractivity contribution < 1.29 is 9.63 Å². The molecule has 0 aromatic carbocycles. The zero-order chi connectivity index (χ0) is 11.3. The van der Waals surface area contributed by atoms with Gasteiger partial charge in [-0.3, -0.25) is 4.84 Å². The van der Waals surface area contributed by atoms with Gasteiger partial charge in [0.15, 0.2) is 0 Å². The van der Waals surface area contributed by atoms with Gasteiger partial charge in [-0.25, -0.2) is 0 Å². The molecule has 0 aromatic heterocycles. The maximum absolute atomic E-state index is 11.0. The highest BCUT2D eigenvalue weighted by molar-refractivity contribution is 5.57. The molecule has 1 atom stereocenters. The molecule has 0 radical (unpaired) electrons. The Kier molecular flexibility index (Phi) is 4.74. The summed E-state index contributed by atoms with van der Waals surface area (Å²) in [7, 11) is 0. The van der Waals surface area contributed by atoms with Crippen molar-refractivity contribution in [3.05, 3.63) is 0 Å². The predicted octanol–water partition coefficient (Wildman–Crippen LogP) is 2.45. The van der Waals surface area contributed by atoms with Crippen LogP contribution < -0.4 is 5.48 Å². The van der Waals surface area contributed by atoms with Crippen molar-refractivity contribution in [2.24, 2.45) is 5.92 Å². The molecule has 1 unspecified atom stereocenters. The van der Waals surface area contributed by atoms with Gasteiger partial charge in [0.25, 0.3) is 0 Å². The van der Waals surface area contributed by atoms with Crippen molar-refractivity contribution in [1.29, 1.82) is 0 Å². The highest BCUT2D eigenvalue weighted by Gasteiger charge is 2.24. The minimum atomic E-state index is -0.240. The van der Waals surface area contributed by atoms with E-state index in [0.717, 1.165) is 19.1 Å². The molecule has 0 aromatic rings. The zero-order valence-electron chi connectivity index (χ0n) is 10.1. The number of nitrogens with one attached hydrogen (secondary N) is 1. The van der Waals surface area contributed by atoms with Crippen LogP contribution in [0.5, 0.6) is 0 Å². The highest BCUT2D eigenvalue weighted by Crippen LogP contribution is 2.26. The summed E-state index contributed by atoms with van der Waals surface area (Å²) in [4.78, 5) is 16.4. The number of carbonyl (C=O) groups excluding carboxylic acids is 1. The molecule has 0 spiro atoms. The van der Waals surface area contributed by atoms with E-state index in [9.17, 15) is 4.79 Å². The molecule has 0 bridgehead atoms. The summed E-state index contributed by atoms with van der Waals surface area (Å²) in [6, 6.07) is -0.135. The van der Waals surface area contributed by atoms with Gasteiger partial charge in [-0.05, 0) is 39.5 Å². The molecule has 15 heavy (non-hydrogen) atoms. The first kappa shape index (κ1) is 12.7. The quantitative estimate of drug-likeness (QED) is 0.576. The molecule has 1 fully saturated rings. The molecule has 1 aliphatic rings. The lowest BCUT2D eigenvalue weighted by Gasteiger charge is -2.29. The van der Waals surface area contributed by atoms with Gasteiger partial charge < -0.3 is 4.79 Å². The van der Waals surface area contributed by atoms with E-state index in [1.165, 1.54) is 19.3 Å². The fourth-order valence-electron chi connectivity index (χ4n) is 1.97. The van der Waals surface area contributed by atoms with Gasteiger partial charge in [-0.15, -0.1) is 0 Å². The van der Waals surface area contributed by atoms with Crippen LogP contribution in [0.2, 0.25) is 0 Å². The van der Waals surface area contributed by atoms with Crippen LogP contribution in [-0.2, 0) is 9.63 Å². The molecule has 0 amide bonds. The lowest BCUT2D eigenvalue weighted by atomic mass is 9.85. The second kappa shape index (κ2) is 5.61. The van der Waals surface area contributed by atoms with E-state index >= 15 is 0 Å². The summed E-state index contributed by atoms with van der Waals surface area (Å²) in [5, 5.41) is 0. The van der Waals surface area contributed by atoms with Crippen molar-refractivity contribution in [2.45, 2.75) is 64.5 Å². The zero-order valence-corrected chi connectivity index (χ0v) is 10.1. The fourth-order valence-corrected chi connectivity index (χ4v) is 1.97. The van der Waals surface area contributed by atoms with Crippen LogP contribution in [0.25, 0.3) is 0 Å². The van der Waals surface area contributed by atoms with E-state index in [2.05, 4.69) is 5.48 Å². The van der Waals surface area contributed by atoms with Gasteiger partial charge in [-0.1, -0.05) is 19.3 Å². The van der Waals surface area contributed by atoms with Gasteiger partial charge >= 0.3 is 0 Å². The first-order chi connectivity index (χ1) is 7.03. The largest absolute Gasteiger partial charge is 0.302 e. The standard InChI is InChI=1S/C12H23NO2/c1-12(2,3)15-13-11(9-14)10-7-5-4-6-8-10/h9-11,13H,4-8H2,1-3H3. The summed E-state index contributed by atoms with van der Waals surface area (Å²) in [5.41, 5.74) is 2.67. The first-order valence-electron chi connectivity index (χ1n) is 5.92. The van der Waals surface area contributed by atoms with Crippen molar-refractivity contribution >= 4 is 6.29 Å². The van der Waals surface area contributed by atoms with Crippen LogP contribution in [0.15, 0.2) is 0 Å². The number of carbonyl (C=O) groups is 1. The number of rotatable bonds is 4. The normalized spacial score (nSPS) is 21.3. The summed E-state index contributed by atoms with van der Waals surface area (Å²) >= 11 is 0. The lowest BCUT2D eigenvalue weighted by molar-refractivity contribution is -0.126. The first-order valence-corrected chi connectivity index (χ1v) is 5.92. The molecule has 0 heterocycles. The van der Waals surface area contributed by atoms with Gasteiger partial charge in [0.05, 0.1) is 11.6 Å². The van der Waals surface area contributed by atoms with E-state index < -0.39 is 0 Å². The minimum Gasteiger partial charge on any atom is -0.302 e. The molecule has 1 saturated carbocycles. The van der Waals surface area contributed by atoms with Crippen LogP contribution in [0, 0.1) is 5.92 Å². The molecular formula is C12H23NO2. The maximum atomic E-state index is 11.0. The third kappa shape index (κ3) is 4.76. The smallest absolute Gasteiger partial charge is 0.139 e. The lowest BCUT2D eigenvalue weighted by Crippen LogP contribution is -2.42. The fraction of sp³-hybridized carbons (Fsp3) is 0.917. The molecule has 1 aliphatic carbocycles. The van der Waals surface area contributed by atoms with Crippen molar-refractivity contribution in [2.75, 3.05) is 0 Å². The second-order valence-electron chi connectivity index (χ2n) is 5.39. The Morgan fingerprint density at radius 1 is 1.27 bits per heavy atom. The number of hydroxylamine groups is 1. The van der Waals surface area contributed by atoms with Crippen LogP contribution in [0.3, 0.4) is 0 Å². The maximum Gasteiger partial charge on any atom is 0.139 e. The molecule has 1 rings (SSSR count). The topological polar surface area (TPSA) is 38.3 Å². The Morgan fingerprint density at radius 3 is 2.33 bits per heavy atom. The molecule has 88 valence electrons. The SMILES string of the molecule is CC(C)(C)ONC(C=O)C1CCCCC1. The molecule has 3 heteroatoms. The van der Waals surface area contributed by atoms with Gasteiger partial charge in [0, 0.05) is 0 Å². The van der Waals surface area contributed by atoms with Crippen LogP contribution in [-0.4, -0.2) is 17.9 Å². The summed E-state index contributed by atoms with van der Waals surface area (Å²) in [6.07, 6.45) is 7.07. The average molecular weight is 213 g/mol. The predicted molar refractivity (Wildman–Crippen MR) is 60.4 cm³/mol. The van der Waals surface area contributed by atoms with Gasteiger partial charge in [0.2, 0.25) is 0 Å². The molecule has 3 nitrogen and oxygen atoms in total. The molecule has 1 N–H and O–H groups in total. The Bertz CT molecular complexity index is 192. The van der Waals surface area contributed by atoms with Crippen LogP contribution in [0.4, 0.5) is 0 Å². The van der Waals surface area contributed by atoms with Gasteiger partial charge in [0.1, 0.15) is 6.29 Å². The Morgan fingerprint density at radius 2 is 1.87 bits per heavy atom. The third-order valence-electron chi connectivity index (χ3n) is 2.81. The average Bonchev–Trinajstić information content (AvgIpc) is 2.19. The van der Waals surface area contributed by atoms with E-state index in [0.29, 0.717) is 5.92 Å².